The molecule has 1 saturated heterocycles. The van der Waals surface area contributed by atoms with E-state index in [2.05, 4.69) is 30.6 Å². The number of benzene rings is 1. The first-order valence-corrected chi connectivity index (χ1v) is 8.87. The summed E-state index contributed by atoms with van der Waals surface area (Å²) in [5.74, 6) is 2.61. The number of aliphatic hydroxyl groups is 1. The summed E-state index contributed by atoms with van der Waals surface area (Å²) < 4.78 is 10.8. The topological polar surface area (TPSA) is 121 Å². The molecule has 4 rings (SSSR count). The zero-order valence-corrected chi connectivity index (χ0v) is 15.6. The lowest BCUT2D eigenvalue weighted by Gasteiger charge is -2.17. The Morgan fingerprint density at radius 2 is 2.11 bits per heavy atom. The summed E-state index contributed by atoms with van der Waals surface area (Å²) in [6.07, 6.45) is 3.34. The number of hydrogen-bond donors (Lipinski definition) is 3. The van der Waals surface area contributed by atoms with Crippen LogP contribution in [0.4, 0.5) is 23.5 Å². The van der Waals surface area contributed by atoms with Gasteiger partial charge in [0.15, 0.2) is 12.2 Å². The second-order valence-electron chi connectivity index (χ2n) is 6.33. The molecule has 146 valence electrons. The van der Waals surface area contributed by atoms with Gasteiger partial charge in [0.05, 0.1) is 25.0 Å². The molecule has 3 N–H and O–H groups in total. The molecule has 1 fully saturated rings. The van der Waals surface area contributed by atoms with E-state index in [0.717, 1.165) is 11.3 Å². The van der Waals surface area contributed by atoms with Gasteiger partial charge in [-0.15, -0.1) is 0 Å². The summed E-state index contributed by atoms with van der Waals surface area (Å²) in [5.41, 5.74) is 1.55. The SMILES string of the molecule is CNc1nc(Nc2ccc(-c3cnco3)c(OC)c2)nc(N2CCC(O)C2)n1. The first-order chi connectivity index (χ1) is 13.7. The van der Waals surface area contributed by atoms with E-state index in [1.54, 1.807) is 20.4 Å². The standard InChI is InChI=1S/C18H21N7O3/c1-19-16-22-17(24-18(23-16)25-6-5-12(26)9-25)21-11-3-4-13(14(7-11)27-2)15-8-20-10-28-15/h3-4,7-8,10,12,26H,5-6,9H2,1-2H3,(H2,19,21,22,23,24). The van der Waals surface area contributed by atoms with Crippen molar-refractivity contribution in [1.29, 1.82) is 0 Å². The van der Waals surface area contributed by atoms with Gasteiger partial charge in [0, 0.05) is 31.9 Å². The van der Waals surface area contributed by atoms with Gasteiger partial charge in [-0.3, -0.25) is 0 Å². The third kappa shape index (κ3) is 3.67. The van der Waals surface area contributed by atoms with Crippen molar-refractivity contribution in [1.82, 2.24) is 19.9 Å². The zero-order chi connectivity index (χ0) is 19.5. The summed E-state index contributed by atoms with van der Waals surface area (Å²) in [5, 5.41) is 15.9. The zero-order valence-electron chi connectivity index (χ0n) is 15.6. The van der Waals surface area contributed by atoms with E-state index in [-0.39, 0.29) is 6.10 Å². The quantitative estimate of drug-likeness (QED) is 0.582. The van der Waals surface area contributed by atoms with Crippen LogP contribution in [0.25, 0.3) is 11.3 Å². The van der Waals surface area contributed by atoms with Crippen LogP contribution in [0.5, 0.6) is 5.75 Å². The van der Waals surface area contributed by atoms with Crippen LogP contribution in [0.15, 0.2) is 35.2 Å². The molecule has 0 radical (unpaired) electrons. The molecule has 1 unspecified atom stereocenters. The van der Waals surface area contributed by atoms with Crippen molar-refractivity contribution in [2.75, 3.05) is 42.8 Å². The van der Waals surface area contributed by atoms with E-state index in [1.807, 2.05) is 23.1 Å². The fourth-order valence-electron chi connectivity index (χ4n) is 3.05. The van der Waals surface area contributed by atoms with Crippen LogP contribution >= 0.6 is 0 Å². The highest BCUT2D eigenvalue weighted by atomic mass is 16.5. The summed E-state index contributed by atoms with van der Waals surface area (Å²) >= 11 is 0. The first-order valence-electron chi connectivity index (χ1n) is 8.87. The maximum absolute atomic E-state index is 9.78. The number of aromatic nitrogens is 4. The number of anilines is 4. The Labute approximate surface area is 161 Å². The predicted octanol–water partition coefficient (Wildman–Crippen LogP) is 1.89. The molecule has 0 saturated carbocycles. The minimum atomic E-state index is -0.362. The number of aliphatic hydroxyl groups excluding tert-OH is 1. The number of nitrogens with zero attached hydrogens (tertiary/aromatic N) is 5. The van der Waals surface area contributed by atoms with Gasteiger partial charge in [-0.1, -0.05) is 0 Å². The van der Waals surface area contributed by atoms with Crippen LogP contribution < -0.4 is 20.3 Å². The van der Waals surface area contributed by atoms with Crippen LogP contribution in [-0.2, 0) is 0 Å². The third-order valence-corrected chi connectivity index (χ3v) is 4.45. The normalized spacial score (nSPS) is 16.2. The minimum absolute atomic E-state index is 0.362. The second kappa shape index (κ2) is 7.69. The number of ether oxygens (including phenoxy) is 1. The molecule has 1 aromatic carbocycles. The third-order valence-electron chi connectivity index (χ3n) is 4.45. The molecular formula is C18H21N7O3. The van der Waals surface area contributed by atoms with E-state index in [1.165, 1.54) is 6.39 Å². The molecule has 2 aromatic heterocycles. The summed E-state index contributed by atoms with van der Waals surface area (Å²) in [4.78, 5) is 19.1. The average Bonchev–Trinajstić information content (AvgIpc) is 3.39. The summed E-state index contributed by atoms with van der Waals surface area (Å²) in [6, 6.07) is 5.59. The van der Waals surface area contributed by atoms with Crippen LogP contribution in [-0.4, -0.2) is 58.4 Å². The molecule has 0 aliphatic carbocycles. The van der Waals surface area contributed by atoms with Crippen LogP contribution in [0.1, 0.15) is 6.42 Å². The molecule has 0 bridgehead atoms. The van der Waals surface area contributed by atoms with E-state index in [0.29, 0.717) is 48.9 Å². The Kier molecular flexibility index (Phi) is 4.94. The lowest BCUT2D eigenvalue weighted by Crippen LogP contribution is -2.24. The van der Waals surface area contributed by atoms with Crippen molar-refractivity contribution in [3.63, 3.8) is 0 Å². The maximum Gasteiger partial charge on any atom is 0.233 e. The number of hydrogen-bond acceptors (Lipinski definition) is 10. The van der Waals surface area contributed by atoms with Gasteiger partial charge < -0.3 is 29.8 Å². The summed E-state index contributed by atoms with van der Waals surface area (Å²) in [7, 11) is 3.34. The van der Waals surface area contributed by atoms with Gasteiger partial charge >= 0.3 is 0 Å². The van der Waals surface area contributed by atoms with Crippen molar-refractivity contribution >= 4 is 23.5 Å². The number of β-amino-alcohol motifs (C(OH)–C–C–N with tert-alkyl or cyclic N) is 1. The van der Waals surface area contributed by atoms with Crippen LogP contribution in [0, 0.1) is 0 Å². The molecule has 3 aromatic rings. The first kappa shape index (κ1) is 18.0. The van der Waals surface area contributed by atoms with Crippen molar-refractivity contribution in [3.05, 3.63) is 30.8 Å². The summed E-state index contributed by atoms with van der Waals surface area (Å²) in [6.45, 7) is 1.21. The Balaban J connectivity index is 1.61. The largest absolute Gasteiger partial charge is 0.496 e. The van der Waals surface area contributed by atoms with Crippen molar-refractivity contribution in [2.24, 2.45) is 0 Å². The number of methoxy groups -OCH3 is 1. The monoisotopic (exact) mass is 383 g/mol. The van der Waals surface area contributed by atoms with Crippen LogP contribution in [0.2, 0.25) is 0 Å². The van der Waals surface area contributed by atoms with Gasteiger partial charge in [-0.25, -0.2) is 4.98 Å². The molecule has 1 atom stereocenters. The molecule has 28 heavy (non-hydrogen) atoms. The molecule has 1 aliphatic heterocycles. The Bertz CT molecular complexity index is 948. The maximum atomic E-state index is 9.78. The van der Waals surface area contributed by atoms with Gasteiger partial charge in [-0.05, 0) is 18.6 Å². The van der Waals surface area contributed by atoms with Gasteiger partial charge in [0.25, 0.3) is 0 Å². The van der Waals surface area contributed by atoms with Crippen LogP contribution in [0.3, 0.4) is 0 Å². The lowest BCUT2D eigenvalue weighted by atomic mass is 10.1. The Hall–Kier alpha value is -3.40. The van der Waals surface area contributed by atoms with E-state index in [4.69, 9.17) is 9.15 Å². The number of oxazole rings is 1. The van der Waals surface area contributed by atoms with Gasteiger partial charge in [-0.2, -0.15) is 15.0 Å². The predicted molar refractivity (Wildman–Crippen MR) is 104 cm³/mol. The van der Waals surface area contributed by atoms with Crippen molar-refractivity contribution in [2.45, 2.75) is 12.5 Å². The van der Waals surface area contributed by atoms with Gasteiger partial charge in [0.2, 0.25) is 17.8 Å². The average molecular weight is 383 g/mol. The minimum Gasteiger partial charge on any atom is -0.496 e. The van der Waals surface area contributed by atoms with E-state index < -0.39 is 0 Å². The Morgan fingerprint density at radius 3 is 2.79 bits per heavy atom. The molecule has 0 amide bonds. The fourth-order valence-corrected chi connectivity index (χ4v) is 3.05. The Morgan fingerprint density at radius 1 is 1.25 bits per heavy atom. The fraction of sp³-hybridized carbons (Fsp3) is 0.333. The second-order valence-corrected chi connectivity index (χ2v) is 6.33. The number of nitrogens with one attached hydrogen (secondary N) is 2. The highest BCUT2D eigenvalue weighted by Crippen LogP contribution is 2.33. The highest BCUT2D eigenvalue weighted by Gasteiger charge is 2.23. The lowest BCUT2D eigenvalue weighted by molar-refractivity contribution is 0.198. The molecule has 0 spiro atoms. The van der Waals surface area contributed by atoms with Gasteiger partial charge in [0.1, 0.15) is 5.75 Å². The van der Waals surface area contributed by atoms with E-state index >= 15 is 0 Å². The molecule has 3 heterocycles. The van der Waals surface area contributed by atoms with Crippen molar-refractivity contribution in [3.8, 4) is 17.1 Å². The molecule has 10 heteroatoms. The smallest absolute Gasteiger partial charge is 0.233 e. The number of rotatable bonds is 6. The van der Waals surface area contributed by atoms with E-state index in [9.17, 15) is 5.11 Å². The van der Waals surface area contributed by atoms with Crippen molar-refractivity contribution < 1.29 is 14.3 Å². The molecular weight excluding hydrogens is 362 g/mol. The molecule has 10 nitrogen and oxygen atoms in total. The highest BCUT2D eigenvalue weighted by molar-refractivity contribution is 5.71. The molecule has 1 aliphatic rings.